The van der Waals surface area contributed by atoms with E-state index in [0.29, 0.717) is 12.0 Å². The zero-order valence-electron chi connectivity index (χ0n) is 17.8. The quantitative estimate of drug-likeness (QED) is 0.214. The minimum absolute atomic E-state index is 0.120. The standard InChI is InChI=1S/C22H31NO7/c1-4-5-6-10-13-17-19(23(27)28)16(15-11-8-7-9-12-15)14-18(24)22(17,20(25)29-2)21(26)30-3/h7-9,11-12,16-19,24H,4-6,10,13-14H2,1-3H3/t16-,17-,18+,19+/m0/s1. The first-order valence-electron chi connectivity index (χ1n) is 10.4. The van der Waals surface area contributed by atoms with Gasteiger partial charge < -0.3 is 14.6 Å². The normalized spacial score (nSPS) is 25.3. The van der Waals surface area contributed by atoms with Crippen molar-refractivity contribution in [2.45, 2.75) is 63.5 Å². The smallest absolute Gasteiger partial charge is 0.326 e. The molecule has 0 bridgehead atoms. The van der Waals surface area contributed by atoms with Crippen LogP contribution >= 0.6 is 0 Å². The van der Waals surface area contributed by atoms with E-state index in [2.05, 4.69) is 0 Å². The van der Waals surface area contributed by atoms with Crippen LogP contribution in [-0.2, 0) is 19.1 Å². The predicted molar refractivity (Wildman–Crippen MR) is 109 cm³/mol. The highest BCUT2D eigenvalue weighted by atomic mass is 16.6. The van der Waals surface area contributed by atoms with Gasteiger partial charge in [0.1, 0.15) is 0 Å². The molecule has 0 amide bonds. The molecule has 8 heteroatoms. The molecular formula is C22H31NO7. The number of hydrogen-bond donors (Lipinski definition) is 1. The Morgan fingerprint density at radius 1 is 1.13 bits per heavy atom. The SMILES string of the molecule is CCCCCC[C@H]1[C@H]([N+](=O)[O-])[C@H](c2ccccc2)C[C@@H](O)C1(C(=O)OC)C(=O)OC. The molecule has 0 saturated heterocycles. The van der Waals surface area contributed by atoms with Crippen molar-refractivity contribution in [1.82, 2.24) is 0 Å². The first kappa shape index (κ1) is 23.8. The van der Waals surface area contributed by atoms with Crippen molar-refractivity contribution in [2.75, 3.05) is 14.2 Å². The van der Waals surface area contributed by atoms with Gasteiger partial charge in [-0.3, -0.25) is 19.7 Å². The number of aliphatic hydroxyl groups excluding tert-OH is 1. The number of esters is 2. The van der Waals surface area contributed by atoms with Crippen molar-refractivity contribution in [1.29, 1.82) is 0 Å². The van der Waals surface area contributed by atoms with E-state index in [-0.39, 0.29) is 12.8 Å². The van der Waals surface area contributed by atoms with E-state index in [9.17, 15) is 24.8 Å². The van der Waals surface area contributed by atoms with Gasteiger partial charge in [-0.1, -0.05) is 62.9 Å². The van der Waals surface area contributed by atoms with Crippen LogP contribution in [-0.4, -0.2) is 48.3 Å². The molecule has 0 heterocycles. The van der Waals surface area contributed by atoms with E-state index in [4.69, 9.17) is 9.47 Å². The third-order valence-electron chi connectivity index (χ3n) is 6.30. The summed E-state index contributed by atoms with van der Waals surface area (Å²) in [6.45, 7) is 2.04. The molecule has 1 aromatic rings. The summed E-state index contributed by atoms with van der Waals surface area (Å²) >= 11 is 0. The minimum Gasteiger partial charge on any atom is -0.468 e. The maximum atomic E-state index is 12.9. The Labute approximate surface area is 176 Å². The second-order valence-corrected chi connectivity index (χ2v) is 7.85. The van der Waals surface area contributed by atoms with E-state index in [1.165, 1.54) is 0 Å². The predicted octanol–water partition coefficient (Wildman–Crippen LogP) is 3.10. The van der Waals surface area contributed by atoms with E-state index < -0.39 is 46.3 Å². The molecule has 166 valence electrons. The minimum atomic E-state index is -2.13. The number of ether oxygens (including phenoxy) is 2. The lowest BCUT2D eigenvalue weighted by Gasteiger charge is -2.46. The molecule has 8 nitrogen and oxygen atoms in total. The molecule has 4 atom stereocenters. The Kier molecular flexibility index (Phi) is 8.34. The van der Waals surface area contributed by atoms with Crippen molar-refractivity contribution in [3.05, 3.63) is 46.0 Å². The van der Waals surface area contributed by atoms with Crippen LogP contribution in [0.3, 0.4) is 0 Å². The van der Waals surface area contributed by atoms with Crippen molar-refractivity contribution in [2.24, 2.45) is 11.3 Å². The lowest BCUT2D eigenvalue weighted by molar-refractivity contribution is -0.545. The zero-order chi connectivity index (χ0) is 22.3. The lowest BCUT2D eigenvalue weighted by Crippen LogP contribution is -2.64. The van der Waals surface area contributed by atoms with E-state index in [0.717, 1.165) is 33.5 Å². The fourth-order valence-electron chi connectivity index (χ4n) is 4.88. The fraction of sp³-hybridized carbons (Fsp3) is 0.636. The summed E-state index contributed by atoms with van der Waals surface area (Å²) in [5, 5.41) is 23.4. The van der Waals surface area contributed by atoms with Crippen LogP contribution in [0.4, 0.5) is 0 Å². The number of benzene rings is 1. The van der Waals surface area contributed by atoms with Crippen molar-refractivity contribution in [3.63, 3.8) is 0 Å². The Balaban J connectivity index is 2.61. The van der Waals surface area contributed by atoms with Gasteiger partial charge in [0.15, 0.2) is 5.41 Å². The van der Waals surface area contributed by atoms with Crippen LogP contribution in [0.25, 0.3) is 0 Å². The zero-order valence-corrected chi connectivity index (χ0v) is 17.8. The highest BCUT2D eigenvalue weighted by molar-refractivity contribution is 6.01. The summed E-state index contributed by atoms with van der Waals surface area (Å²) in [6.07, 6.45) is 1.95. The van der Waals surface area contributed by atoms with Gasteiger partial charge in [-0.2, -0.15) is 0 Å². The summed E-state index contributed by atoms with van der Waals surface area (Å²) in [5.74, 6) is -3.67. The van der Waals surface area contributed by atoms with Gasteiger partial charge in [0.2, 0.25) is 6.04 Å². The third-order valence-corrected chi connectivity index (χ3v) is 6.30. The second-order valence-electron chi connectivity index (χ2n) is 7.85. The van der Waals surface area contributed by atoms with Crippen molar-refractivity contribution < 1.29 is 29.1 Å². The number of nitrogens with zero attached hydrogens (tertiary/aromatic N) is 1. The van der Waals surface area contributed by atoms with Crippen molar-refractivity contribution >= 4 is 11.9 Å². The van der Waals surface area contributed by atoms with Gasteiger partial charge in [-0.25, -0.2) is 0 Å². The average molecular weight is 421 g/mol. The molecular weight excluding hydrogens is 390 g/mol. The number of carbonyl (C=O) groups excluding carboxylic acids is 2. The third kappa shape index (κ3) is 4.33. The molecule has 1 aromatic carbocycles. The fourth-order valence-corrected chi connectivity index (χ4v) is 4.88. The van der Waals surface area contributed by atoms with Gasteiger partial charge in [0.05, 0.1) is 32.2 Å². The molecule has 1 fully saturated rings. The number of unbranched alkanes of at least 4 members (excludes halogenated alkanes) is 3. The molecule has 30 heavy (non-hydrogen) atoms. The molecule has 0 radical (unpaired) electrons. The Bertz CT molecular complexity index is 720. The van der Waals surface area contributed by atoms with Gasteiger partial charge in [0.25, 0.3) is 0 Å². The van der Waals surface area contributed by atoms with E-state index in [1.54, 1.807) is 30.3 Å². The van der Waals surface area contributed by atoms with Gasteiger partial charge in [-0.05, 0) is 18.4 Å². The van der Waals surface area contributed by atoms with Gasteiger partial charge >= 0.3 is 11.9 Å². The summed E-state index contributed by atoms with van der Waals surface area (Å²) < 4.78 is 9.78. The van der Waals surface area contributed by atoms with Gasteiger partial charge in [0, 0.05) is 4.92 Å². The number of hydrogen-bond acceptors (Lipinski definition) is 7. The van der Waals surface area contributed by atoms with E-state index in [1.807, 2.05) is 6.92 Å². The van der Waals surface area contributed by atoms with Crippen LogP contribution in [0.1, 0.15) is 56.9 Å². The summed E-state index contributed by atoms with van der Waals surface area (Å²) in [7, 11) is 2.22. The lowest BCUT2D eigenvalue weighted by atomic mass is 9.56. The molecule has 0 spiro atoms. The molecule has 0 aliphatic heterocycles. The molecule has 1 aliphatic carbocycles. The first-order chi connectivity index (χ1) is 14.4. The molecule has 1 saturated carbocycles. The summed E-state index contributed by atoms with van der Waals surface area (Å²) in [4.78, 5) is 37.7. The Morgan fingerprint density at radius 3 is 2.23 bits per heavy atom. The van der Waals surface area contributed by atoms with Crippen LogP contribution in [0.2, 0.25) is 0 Å². The first-order valence-corrected chi connectivity index (χ1v) is 10.4. The van der Waals surface area contributed by atoms with Gasteiger partial charge in [-0.15, -0.1) is 0 Å². The number of nitro groups is 1. The topological polar surface area (TPSA) is 116 Å². The summed E-state index contributed by atoms with van der Waals surface area (Å²) in [5.41, 5.74) is -1.43. The highest BCUT2D eigenvalue weighted by Crippen LogP contribution is 2.51. The van der Waals surface area contributed by atoms with Crippen LogP contribution in [0.5, 0.6) is 0 Å². The summed E-state index contributed by atoms with van der Waals surface area (Å²) in [6, 6.07) is 7.65. The molecule has 2 rings (SSSR count). The average Bonchev–Trinajstić information content (AvgIpc) is 2.75. The van der Waals surface area contributed by atoms with E-state index >= 15 is 0 Å². The molecule has 0 aromatic heterocycles. The Morgan fingerprint density at radius 2 is 1.73 bits per heavy atom. The molecule has 1 aliphatic rings. The number of carbonyl (C=O) groups is 2. The molecule has 0 unspecified atom stereocenters. The highest BCUT2D eigenvalue weighted by Gasteiger charge is 2.68. The number of methoxy groups -OCH3 is 2. The largest absolute Gasteiger partial charge is 0.468 e. The maximum absolute atomic E-state index is 12.9. The molecule has 1 N–H and O–H groups in total. The Hall–Kier alpha value is -2.48. The van der Waals surface area contributed by atoms with Crippen LogP contribution < -0.4 is 0 Å². The van der Waals surface area contributed by atoms with Crippen LogP contribution in [0.15, 0.2) is 30.3 Å². The number of rotatable bonds is 9. The van der Waals surface area contributed by atoms with Crippen LogP contribution in [0, 0.1) is 21.4 Å². The monoisotopic (exact) mass is 421 g/mol. The number of aliphatic hydroxyl groups is 1. The van der Waals surface area contributed by atoms with Crippen molar-refractivity contribution in [3.8, 4) is 0 Å². The maximum Gasteiger partial charge on any atom is 0.326 e. The second kappa shape index (κ2) is 10.5.